The van der Waals surface area contributed by atoms with Crippen LogP contribution in [0.2, 0.25) is 0 Å². The van der Waals surface area contributed by atoms with Crippen molar-refractivity contribution in [3.63, 3.8) is 0 Å². The number of H-pyrrole nitrogens is 1. The number of aliphatic hydroxyl groups excluding tert-OH is 1. The smallest absolute Gasteiger partial charge is 0.247 e. The number of aromatic nitrogens is 2. The molecular formula is C17H15ClN4O4. The van der Waals surface area contributed by atoms with Gasteiger partial charge in [0.25, 0.3) is 0 Å². The molecule has 0 saturated carbocycles. The number of benzene rings is 1. The lowest BCUT2D eigenvalue weighted by atomic mass is 9.88. The topological polar surface area (TPSA) is 125 Å². The summed E-state index contributed by atoms with van der Waals surface area (Å²) >= 11 is 0. The molecule has 0 saturated heterocycles. The van der Waals surface area contributed by atoms with Crippen molar-refractivity contribution in [2.45, 2.75) is 6.42 Å². The van der Waals surface area contributed by atoms with Gasteiger partial charge in [-0.05, 0) is 12.1 Å². The molecule has 0 bridgehead atoms. The summed E-state index contributed by atoms with van der Waals surface area (Å²) < 4.78 is 0. The second-order valence-corrected chi connectivity index (χ2v) is 5.45. The quantitative estimate of drug-likeness (QED) is 0.424. The van der Waals surface area contributed by atoms with Crippen LogP contribution >= 0.6 is 12.4 Å². The van der Waals surface area contributed by atoms with Crippen LogP contribution < -0.4 is 5.43 Å². The molecule has 1 unspecified atom stereocenters. The lowest BCUT2D eigenvalue weighted by Crippen LogP contribution is -2.29. The van der Waals surface area contributed by atoms with Gasteiger partial charge in [-0.2, -0.15) is 5.10 Å². The van der Waals surface area contributed by atoms with Crippen molar-refractivity contribution in [2.24, 2.45) is 11.0 Å². The number of fused-ring (bicyclic) bond motifs is 1. The van der Waals surface area contributed by atoms with Gasteiger partial charge < -0.3 is 10.1 Å². The summed E-state index contributed by atoms with van der Waals surface area (Å²) in [6, 6.07) is 7.38. The summed E-state index contributed by atoms with van der Waals surface area (Å²) in [5, 5.41) is 13.0. The van der Waals surface area contributed by atoms with E-state index in [2.05, 4.69) is 27.1 Å². The van der Waals surface area contributed by atoms with Crippen LogP contribution in [0.4, 0.5) is 0 Å². The largest absolute Gasteiger partial charge is 0.504 e. The Kier molecular flexibility index (Phi) is 5.68. The van der Waals surface area contributed by atoms with E-state index in [0.29, 0.717) is 5.82 Å². The van der Waals surface area contributed by atoms with Gasteiger partial charge in [0.2, 0.25) is 11.7 Å². The van der Waals surface area contributed by atoms with Crippen LogP contribution in [0.5, 0.6) is 0 Å². The van der Waals surface area contributed by atoms with E-state index < -0.39 is 29.2 Å². The van der Waals surface area contributed by atoms with Gasteiger partial charge in [-0.1, -0.05) is 18.7 Å². The molecule has 0 aliphatic heterocycles. The number of para-hydroxylation sites is 2. The highest BCUT2D eigenvalue weighted by Crippen LogP contribution is 2.19. The fraction of sp³-hybridized carbons (Fsp3) is 0.118. The number of amides is 1. The number of imidazole rings is 1. The highest BCUT2D eigenvalue weighted by atomic mass is 35.5. The maximum atomic E-state index is 11.9. The van der Waals surface area contributed by atoms with Crippen molar-refractivity contribution in [1.29, 1.82) is 0 Å². The maximum Gasteiger partial charge on any atom is 0.247 e. The van der Waals surface area contributed by atoms with E-state index in [0.717, 1.165) is 23.3 Å². The first-order valence-corrected chi connectivity index (χ1v) is 7.39. The molecule has 1 aliphatic carbocycles. The summed E-state index contributed by atoms with van der Waals surface area (Å²) in [5.74, 6) is -2.85. The lowest BCUT2D eigenvalue weighted by Gasteiger charge is -2.15. The van der Waals surface area contributed by atoms with Crippen LogP contribution in [0.25, 0.3) is 11.0 Å². The predicted octanol–water partition coefficient (Wildman–Crippen LogP) is 1.40. The number of nitrogens with one attached hydrogen (secondary N) is 2. The van der Waals surface area contributed by atoms with Gasteiger partial charge >= 0.3 is 0 Å². The molecule has 1 atom stereocenters. The molecule has 1 aromatic heterocycles. The number of ketones is 2. The van der Waals surface area contributed by atoms with E-state index in [1.54, 1.807) is 0 Å². The van der Waals surface area contributed by atoms with Crippen LogP contribution in [-0.4, -0.2) is 38.8 Å². The molecular weight excluding hydrogens is 360 g/mol. The van der Waals surface area contributed by atoms with Crippen LogP contribution in [0.1, 0.15) is 5.82 Å². The number of rotatable bonds is 4. The number of aromatic amines is 1. The van der Waals surface area contributed by atoms with Gasteiger partial charge in [0.15, 0.2) is 11.5 Å². The highest BCUT2D eigenvalue weighted by Gasteiger charge is 2.31. The van der Waals surface area contributed by atoms with Crippen LogP contribution in [0.3, 0.4) is 0 Å². The van der Waals surface area contributed by atoms with E-state index in [1.165, 1.54) is 0 Å². The molecule has 1 aliphatic rings. The predicted molar refractivity (Wildman–Crippen MR) is 97.0 cm³/mol. The average Bonchev–Trinajstić information content (AvgIpc) is 2.98. The SMILES string of the molecule is C=C1C(=O)C(O)=CC(=O)C1C=NNC(=O)Cc1nc2ccccc2[nH]1.Cl. The van der Waals surface area contributed by atoms with Crippen molar-refractivity contribution in [3.05, 3.63) is 54.1 Å². The number of aliphatic hydroxyl groups is 1. The Morgan fingerprint density at radius 1 is 1.38 bits per heavy atom. The number of Topliss-reactive ketones (excluding diaryl/α,β-unsaturated/α-hetero) is 1. The monoisotopic (exact) mass is 374 g/mol. The molecule has 0 spiro atoms. The molecule has 9 heteroatoms. The van der Waals surface area contributed by atoms with E-state index in [1.807, 2.05) is 24.3 Å². The Balaban J connectivity index is 0.00000243. The highest BCUT2D eigenvalue weighted by molar-refractivity contribution is 6.22. The molecule has 0 fully saturated rings. The summed E-state index contributed by atoms with van der Waals surface area (Å²) in [5.41, 5.74) is 3.75. The third-order valence-electron chi connectivity index (χ3n) is 3.66. The zero-order chi connectivity index (χ0) is 18.0. The number of carbonyl (C=O) groups excluding carboxylic acids is 3. The fourth-order valence-corrected chi connectivity index (χ4v) is 2.40. The Morgan fingerprint density at radius 2 is 2.12 bits per heavy atom. The maximum absolute atomic E-state index is 11.9. The average molecular weight is 375 g/mol. The molecule has 26 heavy (non-hydrogen) atoms. The standard InChI is InChI=1S/C17H14N4O4.ClH/c1-9-10(13(22)6-14(23)17(9)25)8-18-21-16(24)7-15-19-11-4-2-3-5-12(11)20-15;/h2-6,8,10,23H,1,7H2,(H,19,20)(H,21,24);1H. The van der Waals surface area contributed by atoms with Gasteiger partial charge in [-0.15, -0.1) is 12.4 Å². The summed E-state index contributed by atoms with van der Waals surface area (Å²) in [7, 11) is 0. The summed E-state index contributed by atoms with van der Waals surface area (Å²) in [6.45, 7) is 3.48. The number of hydrazone groups is 1. The molecule has 0 radical (unpaired) electrons. The zero-order valence-corrected chi connectivity index (χ0v) is 14.2. The van der Waals surface area contributed by atoms with Gasteiger partial charge in [0, 0.05) is 17.9 Å². The summed E-state index contributed by atoms with van der Waals surface area (Å²) in [4.78, 5) is 42.5. The number of hydrogen-bond donors (Lipinski definition) is 3. The minimum atomic E-state index is -1.00. The Morgan fingerprint density at radius 3 is 2.85 bits per heavy atom. The third kappa shape index (κ3) is 3.86. The van der Waals surface area contributed by atoms with Crippen molar-refractivity contribution < 1.29 is 19.5 Å². The third-order valence-corrected chi connectivity index (χ3v) is 3.66. The number of carbonyl (C=O) groups is 3. The van der Waals surface area contributed by atoms with Crippen molar-refractivity contribution in [1.82, 2.24) is 15.4 Å². The van der Waals surface area contributed by atoms with Gasteiger partial charge in [0.1, 0.15) is 5.82 Å². The van der Waals surface area contributed by atoms with Crippen molar-refractivity contribution in [3.8, 4) is 0 Å². The fourth-order valence-electron chi connectivity index (χ4n) is 2.40. The zero-order valence-electron chi connectivity index (χ0n) is 13.4. The van der Waals surface area contributed by atoms with E-state index in [4.69, 9.17) is 0 Å². The first-order valence-electron chi connectivity index (χ1n) is 7.39. The molecule has 8 nitrogen and oxygen atoms in total. The minimum absolute atomic E-state index is 0. The Bertz CT molecular complexity index is 928. The molecule has 134 valence electrons. The van der Waals surface area contributed by atoms with Crippen molar-refractivity contribution in [2.75, 3.05) is 0 Å². The van der Waals surface area contributed by atoms with E-state index >= 15 is 0 Å². The number of halogens is 1. The van der Waals surface area contributed by atoms with Gasteiger partial charge in [0.05, 0.1) is 23.4 Å². The Labute approximate surface area is 154 Å². The second-order valence-electron chi connectivity index (χ2n) is 5.45. The van der Waals surface area contributed by atoms with Gasteiger partial charge in [-0.25, -0.2) is 10.4 Å². The minimum Gasteiger partial charge on any atom is -0.504 e. The van der Waals surface area contributed by atoms with Crippen LogP contribution in [-0.2, 0) is 20.8 Å². The summed E-state index contributed by atoms with van der Waals surface area (Å²) in [6.07, 6.45) is 1.91. The van der Waals surface area contributed by atoms with Crippen LogP contribution in [0.15, 0.2) is 53.4 Å². The molecule has 1 aromatic carbocycles. The number of allylic oxidation sites excluding steroid dienone is 2. The lowest BCUT2D eigenvalue weighted by molar-refractivity contribution is -0.121. The van der Waals surface area contributed by atoms with E-state index in [-0.39, 0.29) is 24.4 Å². The van der Waals surface area contributed by atoms with E-state index in [9.17, 15) is 19.5 Å². The second kappa shape index (κ2) is 7.75. The molecule has 2 aromatic rings. The molecule has 1 heterocycles. The molecule has 3 N–H and O–H groups in total. The van der Waals surface area contributed by atoms with Crippen LogP contribution in [0, 0.1) is 5.92 Å². The normalized spacial score (nSPS) is 17.3. The number of hydrogen-bond acceptors (Lipinski definition) is 6. The molecule has 1 amide bonds. The Hall–Kier alpha value is -3.26. The number of nitrogens with zero attached hydrogens (tertiary/aromatic N) is 2. The molecule has 3 rings (SSSR count). The first kappa shape index (κ1) is 19.1. The first-order chi connectivity index (χ1) is 12.0. The van der Waals surface area contributed by atoms with Gasteiger partial charge in [-0.3, -0.25) is 14.4 Å². The van der Waals surface area contributed by atoms with Crippen molar-refractivity contribution >= 4 is 47.1 Å².